The van der Waals surface area contributed by atoms with Crippen LogP contribution in [-0.2, 0) is 22.6 Å². The van der Waals surface area contributed by atoms with E-state index in [1.54, 1.807) is 11.1 Å². The highest BCUT2D eigenvalue weighted by molar-refractivity contribution is 5.78. The molecule has 0 spiro atoms. The van der Waals surface area contributed by atoms with E-state index in [-0.39, 0.29) is 11.8 Å². The van der Waals surface area contributed by atoms with Crippen LogP contribution in [0.15, 0.2) is 54.7 Å². The molecule has 126 valence electrons. The maximum atomic E-state index is 11.9. The molecular formula is C19H23N3O2. The van der Waals surface area contributed by atoms with Crippen LogP contribution in [0.1, 0.15) is 24.6 Å². The summed E-state index contributed by atoms with van der Waals surface area (Å²) in [5.74, 6) is -0.101. The number of carbonyl (C=O) groups is 2. The zero-order chi connectivity index (χ0) is 17.2. The average Bonchev–Trinajstić information content (AvgIpc) is 2.60. The van der Waals surface area contributed by atoms with Gasteiger partial charge in [-0.2, -0.15) is 0 Å². The number of hydrogen-bond acceptors (Lipinski definition) is 3. The number of carbonyl (C=O) groups excluding carboxylic acids is 2. The predicted molar refractivity (Wildman–Crippen MR) is 93.1 cm³/mol. The first-order chi connectivity index (χ1) is 11.6. The molecule has 1 N–H and O–H groups in total. The molecule has 1 aromatic heterocycles. The van der Waals surface area contributed by atoms with Crippen molar-refractivity contribution in [2.45, 2.75) is 26.3 Å². The normalized spacial score (nSPS) is 10.2. The van der Waals surface area contributed by atoms with Crippen molar-refractivity contribution in [1.29, 1.82) is 0 Å². The van der Waals surface area contributed by atoms with Crippen molar-refractivity contribution in [3.8, 4) is 0 Å². The number of benzene rings is 1. The molecule has 2 aromatic rings. The van der Waals surface area contributed by atoms with E-state index in [1.165, 1.54) is 12.5 Å². The molecular weight excluding hydrogens is 302 g/mol. The van der Waals surface area contributed by atoms with Gasteiger partial charge in [-0.05, 0) is 24.1 Å². The second-order valence-electron chi connectivity index (χ2n) is 5.60. The van der Waals surface area contributed by atoms with Gasteiger partial charge in [0, 0.05) is 32.6 Å². The highest BCUT2D eigenvalue weighted by Gasteiger charge is 2.12. The Kier molecular flexibility index (Phi) is 6.95. The van der Waals surface area contributed by atoms with Crippen LogP contribution in [0.3, 0.4) is 0 Å². The van der Waals surface area contributed by atoms with Gasteiger partial charge in [-0.15, -0.1) is 0 Å². The predicted octanol–water partition coefficient (Wildman–Crippen LogP) is 2.18. The van der Waals surface area contributed by atoms with Crippen LogP contribution in [0, 0.1) is 0 Å². The second-order valence-corrected chi connectivity index (χ2v) is 5.60. The SMILES string of the molecule is CC(=O)N(CCC(=O)NCCc1ccccc1)Cc1ccccn1. The first kappa shape index (κ1) is 17.7. The number of rotatable bonds is 8. The van der Waals surface area contributed by atoms with Crippen LogP contribution in [0.25, 0.3) is 0 Å². The molecule has 0 atom stereocenters. The summed E-state index contributed by atoms with van der Waals surface area (Å²) in [6.07, 6.45) is 2.79. The summed E-state index contributed by atoms with van der Waals surface area (Å²) in [5, 5.41) is 2.90. The second kappa shape index (κ2) is 9.45. The van der Waals surface area contributed by atoms with Crippen molar-refractivity contribution in [3.63, 3.8) is 0 Å². The van der Waals surface area contributed by atoms with Gasteiger partial charge < -0.3 is 10.2 Å². The molecule has 2 amide bonds. The van der Waals surface area contributed by atoms with Gasteiger partial charge in [-0.25, -0.2) is 0 Å². The smallest absolute Gasteiger partial charge is 0.221 e. The molecule has 2 rings (SSSR count). The number of hydrogen-bond donors (Lipinski definition) is 1. The van der Waals surface area contributed by atoms with Crippen molar-refractivity contribution < 1.29 is 9.59 Å². The lowest BCUT2D eigenvalue weighted by Crippen LogP contribution is -2.34. The number of aromatic nitrogens is 1. The highest BCUT2D eigenvalue weighted by atomic mass is 16.2. The minimum atomic E-state index is -0.0576. The Labute approximate surface area is 142 Å². The van der Waals surface area contributed by atoms with E-state index in [9.17, 15) is 9.59 Å². The molecule has 5 heteroatoms. The fourth-order valence-corrected chi connectivity index (χ4v) is 2.35. The van der Waals surface area contributed by atoms with Gasteiger partial charge in [0.25, 0.3) is 0 Å². The Morgan fingerprint density at radius 1 is 1.08 bits per heavy atom. The zero-order valence-corrected chi connectivity index (χ0v) is 13.9. The van der Waals surface area contributed by atoms with Crippen LogP contribution in [-0.4, -0.2) is 34.8 Å². The van der Waals surface area contributed by atoms with E-state index in [2.05, 4.69) is 10.3 Å². The topological polar surface area (TPSA) is 62.3 Å². The average molecular weight is 325 g/mol. The third-order valence-electron chi connectivity index (χ3n) is 3.71. The first-order valence-corrected chi connectivity index (χ1v) is 8.11. The third-order valence-corrected chi connectivity index (χ3v) is 3.71. The van der Waals surface area contributed by atoms with Crippen molar-refractivity contribution in [3.05, 3.63) is 66.0 Å². The van der Waals surface area contributed by atoms with Crippen molar-refractivity contribution in [2.24, 2.45) is 0 Å². The Hall–Kier alpha value is -2.69. The molecule has 0 fully saturated rings. The first-order valence-electron chi connectivity index (χ1n) is 8.11. The number of nitrogens with zero attached hydrogens (tertiary/aromatic N) is 2. The van der Waals surface area contributed by atoms with Crippen molar-refractivity contribution in [1.82, 2.24) is 15.2 Å². The minimum absolute atomic E-state index is 0.0433. The van der Waals surface area contributed by atoms with Crippen LogP contribution in [0.2, 0.25) is 0 Å². The molecule has 5 nitrogen and oxygen atoms in total. The summed E-state index contributed by atoms with van der Waals surface area (Å²) >= 11 is 0. The molecule has 0 saturated carbocycles. The van der Waals surface area contributed by atoms with Gasteiger partial charge in [-0.3, -0.25) is 14.6 Å². The van der Waals surface area contributed by atoms with E-state index >= 15 is 0 Å². The Bertz CT molecular complexity index is 644. The van der Waals surface area contributed by atoms with Gasteiger partial charge in [0.05, 0.1) is 12.2 Å². The van der Waals surface area contributed by atoms with Crippen LogP contribution in [0.4, 0.5) is 0 Å². The highest BCUT2D eigenvalue weighted by Crippen LogP contribution is 2.03. The van der Waals surface area contributed by atoms with Gasteiger partial charge in [0.1, 0.15) is 0 Å². The van der Waals surface area contributed by atoms with Crippen LogP contribution < -0.4 is 5.32 Å². The third kappa shape index (κ3) is 6.20. The van der Waals surface area contributed by atoms with Crippen LogP contribution >= 0.6 is 0 Å². The molecule has 0 aliphatic heterocycles. The molecule has 24 heavy (non-hydrogen) atoms. The summed E-state index contributed by atoms with van der Waals surface area (Å²) in [6.45, 7) is 2.93. The number of pyridine rings is 1. The molecule has 0 unspecified atom stereocenters. The van der Waals surface area contributed by atoms with E-state index in [1.807, 2.05) is 48.5 Å². The fourth-order valence-electron chi connectivity index (χ4n) is 2.35. The van der Waals surface area contributed by atoms with Gasteiger partial charge in [0.2, 0.25) is 11.8 Å². The maximum absolute atomic E-state index is 11.9. The van der Waals surface area contributed by atoms with Gasteiger partial charge in [-0.1, -0.05) is 36.4 Å². The number of nitrogens with one attached hydrogen (secondary N) is 1. The van der Waals surface area contributed by atoms with Crippen LogP contribution in [0.5, 0.6) is 0 Å². The van der Waals surface area contributed by atoms with Gasteiger partial charge in [0.15, 0.2) is 0 Å². The van der Waals surface area contributed by atoms with Crippen molar-refractivity contribution in [2.75, 3.05) is 13.1 Å². The molecule has 0 radical (unpaired) electrons. The monoisotopic (exact) mass is 325 g/mol. The Morgan fingerprint density at radius 2 is 1.83 bits per heavy atom. The summed E-state index contributed by atoms with van der Waals surface area (Å²) in [6, 6.07) is 15.6. The quantitative estimate of drug-likeness (QED) is 0.809. The van der Waals surface area contributed by atoms with E-state index in [0.717, 1.165) is 12.1 Å². The molecule has 1 heterocycles. The zero-order valence-electron chi connectivity index (χ0n) is 13.9. The molecule has 0 aliphatic rings. The largest absolute Gasteiger partial charge is 0.356 e. The Balaban J connectivity index is 1.73. The molecule has 0 bridgehead atoms. The van der Waals surface area contributed by atoms with E-state index in [4.69, 9.17) is 0 Å². The standard InChI is InChI=1S/C19H23N3O2/c1-16(23)22(15-18-9-5-6-12-20-18)14-11-19(24)21-13-10-17-7-3-2-4-8-17/h2-9,12H,10-11,13-15H2,1H3,(H,21,24). The lowest BCUT2D eigenvalue weighted by molar-refractivity contribution is -0.130. The summed E-state index contributed by atoms with van der Waals surface area (Å²) in [7, 11) is 0. The lowest BCUT2D eigenvalue weighted by Gasteiger charge is -2.20. The summed E-state index contributed by atoms with van der Waals surface area (Å²) in [5.41, 5.74) is 2.01. The fraction of sp³-hybridized carbons (Fsp3) is 0.316. The summed E-state index contributed by atoms with van der Waals surface area (Å²) in [4.78, 5) is 29.5. The van der Waals surface area contributed by atoms with Gasteiger partial charge >= 0.3 is 0 Å². The van der Waals surface area contributed by atoms with E-state index in [0.29, 0.717) is 26.1 Å². The Morgan fingerprint density at radius 3 is 2.50 bits per heavy atom. The maximum Gasteiger partial charge on any atom is 0.221 e. The molecule has 0 saturated heterocycles. The number of amides is 2. The molecule has 0 aliphatic carbocycles. The minimum Gasteiger partial charge on any atom is -0.356 e. The summed E-state index contributed by atoms with van der Waals surface area (Å²) < 4.78 is 0. The lowest BCUT2D eigenvalue weighted by atomic mass is 10.1. The van der Waals surface area contributed by atoms with Crippen molar-refractivity contribution >= 4 is 11.8 Å². The molecule has 1 aromatic carbocycles. The van der Waals surface area contributed by atoms with E-state index < -0.39 is 0 Å².